The van der Waals surface area contributed by atoms with Crippen LogP contribution in [0.3, 0.4) is 0 Å². The molecule has 0 atom stereocenters. The van der Waals surface area contributed by atoms with Gasteiger partial charge in [-0.1, -0.05) is 24.8 Å². The summed E-state index contributed by atoms with van der Waals surface area (Å²) in [6, 6.07) is 5.33. The predicted octanol–water partition coefficient (Wildman–Crippen LogP) is 3.44. The fourth-order valence-electron chi connectivity index (χ4n) is 1.87. The molecule has 1 heterocycles. The van der Waals surface area contributed by atoms with E-state index < -0.39 is 0 Å². The first-order valence-electron chi connectivity index (χ1n) is 6.73. The van der Waals surface area contributed by atoms with Crippen LogP contribution in [0.25, 0.3) is 0 Å². The average molecular weight is 306 g/mol. The van der Waals surface area contributed by atoms with Crippen molar-refractivity contribution in [2.45, 2.75) is 24.3 Å². The van der Waals surface area contributed by atoms with E-state index in [1.165, 1.54) is 0 Å². The highest BCUT2D eigenvalue weighted by Crippen LogP contribution is 2.28. The Balaban J connectivity index is 2.12. The minimum Gasteiger partial charge on any atom is -0.380 e. The number of nitro groups is 1. The van der Waals surface area contributed by atoms with Gasteiger partial charge in [0, 0.05) is 37.8 Å². The van der Waals surface area contributed by atoms with Crippen LogP contribution in [0.1, 0.15) is 18.9 Å². The third-order valence-corrected chi connectivity index (χ3v) is 4.10. The van der Waals surface area contributed by atoms with Gasteiger partial charge in [0.25, 0.3) is 5.69 Å². The number of nitro benzene ring substituents is 1. The Morgan fingerprint density at radius 3 is 2.90 bits per heavy atom. The molecule has 0 aliphatic carbocycles. The number of anilines is 1. The molecule has 0 unspecified atom stereocenters. The summed E-state index contributed by atoms with van der Waals surface area (Å²) < 4.78 is 1.93. The lowest BCUT2D eigenvalue weighted by molar-refractivity contribution is -0.384. The van der Waals surface area contributed by atoms with Crippen LogP contribution in [0.5, 0.6) is 0 Å². The highest BCUT2D eigenvalue weighted by atomic mass is 32.2. The van der Waals surface area contributed by atoms with Crippen LogP contribution in [0.4, 0.5) is 11.4 Å². The van der Waals surface area contributed by atoms with Crippen LogP contribution >= 0.6 is 11.8 Å². The minimum atomic E-state index is -0.340. The van der Waals surface area contributed by atoms with Crippen LogP contribution in [0, 0.1) is 10.1 Å². The molecule has 0 bridgehead atoms. The molecule has 0 aliphatic heterocycles. The minimum absolute atomic E-state index is 0.126. The normalized spacial score (nSPS) is 10.6. The number of aryl methyl sites for hydroxylation is 1. The van der Waals surface area contributed by atoms with Gasteiger partial charge in [0.05, 0.1) is 4.92 Å². The summed E-state index contributed by atoms with van der Waals surface area (Å²) in [6.45, 7) is 2.75. The first-order valence-corrected chi connectivity index (χ1v) is 7.71. The Morgan fingerprint density at radius 2 is 2.29 bits per heavy atom. The largest absolute Gasteiger partial charge is 0.380 e. The van der Waals surface area contributed by atoms with Crippen molar-refractivity contribution in [3.05, 3.63) is 46.3 Å². The molecular formula is C14H18N4O2S. The van der Waals surface area contributed by atoms with E-state index in [0.29, 0.717) is 11.4 Å². The average Bonchev–Trinajstić information content (AvgIpc) is 2.88. The van der Waals surface area contributed by atoms with Gasteiger partial charge in [-0.05, 0) is 18.1 Å². The molecule has 21 heavy (non-hydrogen) atoms. The van der Waals surface area contributed by atoms with Crippen LogP contribution in [-0.4, -0.2) is 21.0 Å². The van der Waals surface area contributed by atoms with Crippen molar-refractivity contribution in [2.75, 3.05) is 11.9 Å². The van der Waals surface area contributed by atoms with Gasteiger partial charge >= 0.3 is 0 Å². The summed E-state index contributed by atoms with van der Waals surface area (Å²) >= 11 is 1.56. The molecule has 2 aromatic rings. The number of aromatic nitrogens is 2. The fraction of sp³-hybridized carbons (Fsp3) is 0.357. The summed E-state index contributed by atoms with van der Waals surface area (Å²) in [5.41, 5.74) is 1.62. The topological polar surface area (TPSA) is 73.0 Å². The zero-order valence-electron chi connectivity index (χ0n) is 12.1. The molecule has 2 rings (SSSR count). The first-order chi connectivity index (χ1) is 10.1. The summed E-state index contributed by atoms with van der Waals surface area (Å²) in [5, 5.41) is 15.1. The van der Waals surface area contributed by atoms with Crippen LogP contribution in [-0.2, 0) is 12.8 Å². The van der Waals surface area contributed by atoms with Gasteiger partial charge in [-0.15, -0.1) is 0 Å². The number of hydrogen-bond acceptors (Lipinski definition) is 5. The van der Waals surface area contributed by atoms with Crippen molar-refractivity contribution in [2.24, 2.45) is 7.05 Å². The lowest BCUT2D eigenvalue weighted by atomic mass is 10.2. The maximum atomic E-state index is 11.2. The number of thioether (sulfide) groups is 1. The smallest absolute Gasteiger partial charge is 0.292 e. The number of nitrogens with one attached hydrogen (secondary N) is 1. The van der Waals surface area contributed by atoms with E-state index in [-0.39, 0.29) is 10.6 Å². The van der Waals surface area contributed by atoms with Crippen LogP contribution in [0.15, 0.2) is 35.7 Å². The van der Waals surface area contributed by atoms with E-state index in [1.54, 1.807) is 30.1 Å². The zero-order valence-corrected chi connectivity index (χ0v) is 12.9. The summed E-state index contributed by atoms with van der Waals surface area (Å²) in [5.74, 6) is 0.653. The molecule has 0 radical (unpaired) electrons. The maximum Gasteiger partial charge on any atom is 0.292 e. The van der Waals surface area contributed by atoms with Crippen molar-refractivity contribution >= 4 is 23.1 Å². The molecular weight excluding hydrogens is 288 g/mol. The lowest BCUT2D eigenvalue weighted by Crippen LogP contribution is -2.03. The van der Waals surface area contributed by atoms with Crippen molar-refractivity contribution in [1.29, 1.82) is 0 Å². The van der Waals surface area contributed by atoms with E-state index >= 15 is 0 Å². The van der Waals surface area contributed by atoms with Gasteiger partial charge in [0.2, 0.25) is 0 Å². The second kappa shape index (κ2) is 7.12. The molecule has 0 amide bonds. The van der Waals surface area contributed by atoms with Gasteiger partial charge in [-0.2, -0.15) is 0 Å². The molecule has 0 aliphatic rings. The molecule has 1 aromatic carbocycles. The highest BCUT2D eigenvalue weighted by Gasteiger charge is 2.14. The number of benzene rings is 1. The molecule has 1 aromatic heterocycles. The number of rotatable bonds is 7. The Hall–Kier alpha value is -2.02. The van der Waals surface area contributed by atoms with E-state index in [9.17, 15) is 10.1 Å². The summed E-state index contributed by atoms with van der Waals surface area (Å²) in [4.78, 5) is 15.1. The van der Waals surface area contributed by atoms with Gasteiger partial charge in [-0.3, -0.25) is 10.1 Å². The fourth-order valence-corrected chi connectivity index (χ4v) is 2.74. The predicted molar refractivity (Wildman–Crippen MR) is 84.6 cm³/mol. The van der Waals surface area contributed by atoms with Crippen molar-refractivity contribution in [3.63, 3.8) is 0 Å². The molecule has 1 N–H and O–H groups in total. The van der Waals surface area contributed by atoms with Crippen LogP contribution < -0.4 is 5.32 Å². The third-order valence-electron chi connectivity index (χ3n) is 2.97. The molecule has 7 heteroatoms. The number of nitrogens with zero attached hydrogens (tertiary/aromatic N) is 3. The highest BCUT2D eigenvalue weighted by molar-refractivity contribution is 7.98. The summed E-state index contributed by atoms with van der Waals surface area (Å²) in [6.07, 6.45) is 4.54. The molecule has 0 fully saturated rings. The third kappa shape index (κ3) is 3.98. The molecule has 112 valence electrons. The lowest BCUT2D eigenvalue weighted by Gasteiger charge is -2.08. The van der Waals surface area contributed by atoms with Gasteiger partial charge in [0.1, 0.15) is 5.69 Å². The van der Waals surface area contributed by atoms with Gasteiger partial charge in [0.15, 0.2) is 5.16 Å². The summed E-state index contributed by atoms with van der Waals surface area (Å²) in [7, 11) is 1.93. The monoisotopic (exact) mass is 306 g/mol. The number of hydrogen-bond donors (Lipinski definition) is 1. The Bertz CT molecular complexity index is 627. The standard InChI is InChI=1S/C14H18N4O2S/c1-3-6-15-12-5-4-11(9-13(12)18(19)20)10-21-14-16-7-8-17(14)2/h4-5,7-9,15H,3,6,10H2,1-2H3. The first kappa shape index (κ1) is 15.4. The number of imidazole rings is 1. The van der Waals surface area contributed by atoms with Crippen molar-refractivity contribution < 1.29 is 4.92 Å². The Labute approximate surface area is 127 Å². The zero-order chi connectivity index (χ0) is 15.2. The molecule has 6 nitrogen and oxygen atoms in total. The molecule has 0 saturated carbocycles. The molecule has 0 spiro atoms. The van der Waals surface area contributed by atoms with E-state index in [4.69, 9.17) is 0 Å². The SMILES string of the molecule is CCCNc1ccc(CSc2nccn2C)cc1[N+](=O)[O-]. The van der Waals surface area contributed by atoms with Gasteiger partial charge < -0.3 is 9.88 Å². The quantitative estimate of drug-likeness (QED) is 0.482. The van der Waals surface area contributed by atoms with E-state index in [2.05, 4.69) is 10.3 Å². The Morgan fingerprint density at radius 1 is 1.48 bits per heavy atom. The second-order valence-corrected chi connectivity index (χ2v) is 5.59. The maximum absolute atomic E-state index is 11.2. The van der Waals surface area contributed by atoms with Crippen molar-refractivity contribution in [3.8, 4) is 0 Å². The van der Waals surface area contributed by atoms with E-state index in [0.717, 1.165) is 23.7 Å². The van der Waals surface area contributed by atoms with E-state index in [1.807, 2.05) is 30.8 Å². The second-order valence-electron chi connectivity index (χ2n) is 4.64. The Kier molecular flexibility index (Phi) is 5.21. The van der Waals surface area contributed by atoms with Crippen LogP contribution in [0.2, 0.25) is 0 Å². The molecule has 0 saturated heterocycles. The van der Waals surface area contributed by atoms with Crippen molar-refractivity contribution in [1.82, 2.24) is 9.55 Å². The van der Waals surface area contributed by atoms with Gasteiger partial charge in [-0.25, -0.2) is 4.98 Å².